The average Bonchev–Trinajstić information content (AvgIpc) is 3.07. The average molecular weight is 418 g/mol. The van der Waals surface area contributed by atoms with Crippen molar-refractivity contribution in [3.05, 3.63) is 81.4 Å². The van der Waals surface area contributed by atoms with Crippen LogP contribution in [0.15, 0.2) is 61.2 Å². The lowest BCUT2D eigenvalue weighted by atomic mass is 10.1. The minimum Gasteiger partial charge on any atom is -0.348 e. The van der Waals surface area contributed by atoms with E-state index in [2.05, 4.69) is 38.0 Å². The molecule has 116 valence electrons. The lowest BCUT2D eigenvalue weighted by Gasteiger charge is -2.08. The predicted octanol–water partition coefficient (Wildman–Crippen LogP) is 2.86. The highest BCUT2D eigenvalue weighted by Crippen LogP contribution is 2.12. The van der Waals surface area contributed by atoms with E-state index >= 15 is 0 Å². The number of carbonyl (C=O) groups excluding carboxylic acids is 1. The van der Waals surface area contributed by atoms with Gasteiger partial charge in [0.15, 0.2) is 0 Å². The molecule has 1 heterocycles. The second kappa shape index (κ2) is 7.36. The van der Waals surface area contributed by atoms with Crippen molar-refractivity contribution in [1.82, 2.24) is 20.1 Å². The first kappa shape index (κ1) is 15.7. The monoisotopic (exact) mass is 418 g/mol. The summed E-state index contributed by atoms with van der Waals surface area (Å²) < 4.78 is 2.72. The quantitative estimate of drug-likeness (QED) is 0.649. The molecule has 1 aromatic heterocycles. The number of amides is 1. The van der Waals surface area contributed by atoms with E-state index in [1.54, 1.807) is 11.0 Å². The fourth-order valence-corrected chi connectivity index (χ4v) is 2.82. The second-order valence-electron chi connectivity index (χ2n) is 5.07. The summed E-state index contributed by atoms with van der Waals surface area (Å²) in [6.07, 6.45) is 3.21. The molecule has 1 N–H and O–H groups in total. The molecule has 6 heteroatoms. The number of hydrogen-bond donors (Lipinski definition) is 1. The van der Waals surface area contributed by atoms with Gasteiger partial charge in [-0.25, -0.2) is 9.67 Å². The maximum absolute atomic E-state index is 12.2. The minimum absolute atomic E-state index is 0.0540. The summed E-state index contributed by atoms with van der Waals surface area (Å²) >= 11 is 2.17. The Hall–Kier alpha value is -2.22. The maximum atomic E-state index is 12.2. The van der Waals surface area contributed by atoms with Crippen LogP contribution in [0.3, 0.4) is 0 Å². The molecule has 0 aliphatic heterocycles. The lowest BCUT2D eigenvalue weighted by Crippen LogP contribution is -2.23. The topological polar surface area (TPSA) is 59.8 Å². The molecule has 3 aromatic rings. The van der Waals surface area contributed by atoms with E-state index in [1.807, 2.05) is 48.5 Å². The van der Waals surface area contributed by atoms with Gasteiger partial charge in [-0.1, -0.05) is 36.4 Å². The molecule has 0 aliphatic rings. The zero-order valence-corrected chi connectivity index (χ0v) is 14.5. The Morgan fingerprint density at radius 1 is 1.09 bits per heavy atom. The van der Waals surface area contributed by atoms with Crippen molar-refractivity contribution in [3.8, 4) is 0 Å². The van der Waals surface area contributed by atoms with E-state index in [0.29, 0.717) is 18.7 Å². The highest BCUT2D eigenvalue weighted by Gasteiger charge is 2.08. The van der Waals surface area contributed by atoms with Gasteiger partial charge in [-0.05, 0) is 45.9 Å². The molecule has 23 heavy (non-hydrogen) atoms. The number of hydrogen-bond acceptors (Lipinski definition) is 3. The van der Waals surface area contributed by atoms with Crippen molar-refractivity contribution in [2.45, 2.75) is 13.1 Å². The number of nitrogens with one attached hydrogen (secondary N) is 1. The highest BCUT2D eigenvalue weighted by molar-refractivity contribution is 14.1. The first-order chi connectivity index (χ1) is 11.2. The van der Waals surface area contributed by atoms with Crippen LogP contribution in [0.1, 0.15) is 21.5 Å². The van der Waals surface area contributed by atoms with Gasteiger partial charge < -0.3 is 5.32 Å². The third-order valence-electron chi connectivity index (χ3n) is 3.41. The summed E-state index contributed by atoms with van der Waals surface area (Å²) in [7, 11) is 0. The zero-order chi connectivity index (χ0) is 16.1. The zero-order valence-electron chi connectivity index (χ0n) is 12.3. The van der Waals surface area contributed by atoms with Gasteiger partial charge in [0.25, 0.3) is 5.91 Å². The maximum Gasteiger partial charge on any atom is 0.252 e. The SMILES string of the molecule is O=C(NCc1ccc(Cn2cncn2)cc1)c1ccccc1I. The van der Waals surface area contributed by atoms with E-state index < -0.39 is 0 Å². The summed E-state index contributed by atoms with van der Waals surface area (Å²) in [5, 5.41) is 7.03. The normalized spacial score (nSPS) is 10.5. The molecule has 3 rings (SSSR count). The van der Waals surface area contributed by atoms with Crippen LogP contribution in [0.4, 0.5) is 0 Å². The molecule has 0 atom stereocenters. The summed E-state index contributed by atoms with van der Waals surface area (Å²) in [6.45, 7) is 1.20. The van der Waals surface area contributed by atoms with Crippen LogP contribution in [0.25, 0.3) is 0 Å². The number of aromatic nitrogens is 3. The number of nitrogens with zero attached hydrogens (tertiary/aromatic N) is 3. The Kier molecular flexibility index (Phi) is 5.02. The Bertz CT molecular complexity index is 785. The second-order valence-corrected chi connectivity index (χ2v) is 6.23. The Balaban J connectivity index is 1.58. The van der Waals surface area contributed by atoms with Crippen molar-refractivity contribution in [2.75, 3.05) is 0 Å². The predicted molar refractivity (Wildman–Crippen MR) is 95.9 cm³/mol. The van der Waals surface area contributed by atoms with E-state index in [4.69, 9.17) is 0 Å². The molecule has 0 saturated heterocycles. The van der Waals surface area contributed by atoms with Gasteiger partial charge in [-0.15, -0.1) is 0 Å². The van der Waals surface area contributed by atoms with Crippen molar-refractivity contribution >= 4 is 28.5 Å². The Labute approximate surface area is 147 Å². The molecule has 0 aliphatic carbocycles. The number of benzene rings is 2. The largest absolute Gasteiger partial charge is 0.348 e. The molecule has 0 radical (unpaired) electrons. The van der Waals surface area contributed by atoms with Crippen LogP contribution in [0, 0.1) is 3.57 Å². The van der Waals surface area contributed by atoms with Crippen LogP contribution in [0.2, 0.25) is 0 Å². The molecule has 0 saturated carbocycles. The lowest BCUT2D eigenvalue weighted by molar-refractivity contribution is 0.0950. The van der Waals surface area contributed by atoms with Gasteiger partial charge in [-0.2, -0.15) is 5.10 Å². The van der Waals surface area contributed by atoms with Gasteiger partial charge in [0.2, 0.25) is 0 Å². The van der Waals surface area contributed by atoms with Gasteiger partial charge >= 0.3 is 0 Å². The van der Waals surface area contributed by atoms with Crippen molar-refractivity contribution < 1.29 is 4.79 Å². The van der Waals surface area contributed by atoms with E-state index in [9.17, 15) is 4.79 Å². The fraction of sp³-hybridized carbons (Fsp3) is 0.118. The standard InChI is InChI=1S/C17H15IN4O/c18-16-4-2-1-3-15(16)17(23)20-9-13-5-7-14(8-6-13)10-22-12-19-11-21-22/h1-8,11-12H,9-10H2,(H,20,23). The van der Waals surface area contributed by atoms with Crippen LogP contribution in [-0.2, 0) is 13.1 Å². The van der Waals surface area contributed by atoms with Gasteiger partial charge in [-0.3, -0.25) is 4.79 Å². The molecule has 0 unspecified atom stereocenters. The molecular formula is C17H15IN4O. The molecule has 0 fully saturated rings. The first-order valence-electron chi connectivity index (χ1n) is 7.15. The number of carbonyl (C=O) groups is 1. The molecule has 2 aromatic carbocycles. The van der Waals surface area contributed by atoms with Crippen molar-refractivity contribution in [3.63, 3.8) is 0 Å². The van der Waals surface area contributed by atoms with Crippen LogP contribution >= 0.6 is 22.6 Å². The van der Waals surface area contributed by atoms with Gasteiger partial charge in [0.1, 0.15) is 12.7 Å². The molecule has 0 spiro atoms. The van der Waals surface area contributed by atoms with E-state index in [0.717, 1.165) is 14.7 Å². The van der Waals surface area contributed by atoms with Crippen LogP contribution in [0.5, 0.6) is 0 Å². The van der Waals surface area contributed by atoms with Gasteiger partial charge in [0, 0.05) is 10.1 Å². The summed E-state index contributed by atoms with van der Waals surface area (Å²) in [5.41, 5.74) is 2.91. The minimum atomic E-state index is -0.0540. The van der Waals surface area contributed by atoms with E-state index in [-0.39, 0.29) is 5.91 Å². The Morgan fingerprint density at radius 2 is 1.83 bits per heavy atom. The van der Waals surface area contributed by atoms with E-state index in [1.165, 1.54) is 6.33 Å². The number of halogens is 1. The summed E-state index contributed by atoms with van der Waals surface area (Å²) in [5.74, 6) is -0.0540. The molecule has 0 bridgehead atoms. The third kappa shape index (κ3) is 4.16. The first-order valence-corrected chi connectivity index (χ1v) is 8.23. The summed E-state index contributed by atoms with van der Waals surface area (Å²) in [6, 6.07) is 15.7. The fourth-order valence-electron chi connectivity index (χ4n) is 2.19. The van der Waals surface area contributed by atoms with Gasteiger partial charge in [0.05, 0.1) is 12.1 Å². The highest BCUT2D eigenvalue weighted by atomic mass is 127. The Morgan fingerprint density at radius 3 is 2.52 bits per heavy atom. The van der Waals surface area contributed by atoms with Crippen molar-refractivity contribution in [1.29, 1.82) is 0 Å². The third-order valence-corrected chi connectivity index (χ3v) is 4.35. The molecular weight excluding hydrogens is 403 g/mol. The van der Waals surface area contributed by atoms with Crippen LogP contribution < -0.4 is 5.32 Å². The number of rotatable bonds is 5. The summed E-state index contributed by atoms with van der Waals surface area (Å²) in [4.78, 5) is 16.1. The van der Waals surface area contributed by atoms with Crippen molar-refractivity contribution in [2.24, 2.45) is 0 Å². The molecule has 5 nitrogen and oxygen atoms in total. The molecule has 1 amide bonds. The smallest absolute Gasteiger partial charge is 0.252 e. The van der Waals surface area contributed by atoms with Crippen LogP contribution in [-0.4, -0.2) is 20.7 Å².